The summed E-state index contributed by atoms with van der Waals surface area (Å²) in [6.07, 6.45) is 1.77. The molecule has 5 heteroatoms. The zero-order valence-electron chi connectivity index (χ0n) is 11.3. The summed E-state index contributed by atoms with van der Waals surface area (Å²) < 4.78 is 4.77. The summed E-state index contributed by atoms with van der Waals surface area (Å²) in [5.74, 6) is -0.652. The van der Waals surface area contributed by atoms with E-state index in [1.165, 1.54) is 12.0 Å². The fourth-order valence-corrected chi connectivity index (χ4v) is 2.82. The zero-order chi connectivity index (χ0) is 14.2. The third kappa shape index (κ3) is 2.21. The number of allylic oxidation sites excluding steroid dienone is 1. The number of hydrogen-bond donors (Lipinski definition) is 0. The minimum absolute atomic E-state index is 0.175. The lowest BCUT2D eigenvalue weighted by molar-refractivity contribution is -0.136. The number of esters is 1. The third-order valence-electron chi connectivity index (χ3n) is 3.24. The number of ether oxygens (including phenoxy) is 1. The van der Waals surface area contributed by atoms with Crippen molar-refractivity contribution in [2.24, 2.45) is 0 Å². The minimum Gasteiger partial charge on any atom is -0.465 e. The molecule has 0 fully saturated rings. The number of amides is 1. The second kappa shape index (κ2) is 5.01. The van der Waals surface area contributed by atoms with Crippen molar-refractivity contribution in [3.63, 3.8) is 0 Å². The standard InChI is InChI=1S/C14H15NO3S/c1-8-5-6-19-11(8)7-10-12(14(17)18-4)9(2)15(3)13(10)16/h5-7H,1-4H3/b10-7-. The van der Waals surface area contributed by atoms with Crippen LogP contribution in [0.4, 0.5) is 0 Å². The van der Waals surface area contributed by atoms with E-state index in [2.05, 4.69) is 0 Å². The summed E-state index contributed by atoms with van der Waals surface area (Å²) in [7, 11) is 2.97. The van der Waals surface area contributed by atoms with Crippen molar-refractivity contribution in [2.45, 2.75) is 13.8 Å². The van der Waals surface area contributed by atoms with E-state index >= 15 is 0 Å². The highest BCUT2D eigenvalue weighted by Crippen LogP contribution is 2.31. The maximum absolute atomic E-state index is 12.2. The number of thiophene rings is 1. The van der Waals surface area contributed by atoms with E-state index in [0.29, 0.717) is 16.8 Å². The lowest BCUT2D eigenvalue weighted by Gasteiger charge is -2.08. The predicted octanol–water partition coefficient (Wildman–Crippen LogP) is 2.36. The number of aryl methyl sites for hydroxylation is 1. The molecule has 100 valence electrons. The lowest BCUT2D eigenvalue weighted by atomic mass is 10.1. The summed E-state index contributed by atoms with van der Waals surface area (Å²) in [4.78, 5) is 26.5. The number of likely N-dealkylation sites (N-methyl/N-ethyl adjacent to an activating group) is 1. The molecule has 0 aromatic carbocycles. The Labute approximate surface area is 116 Å². The van der Waals surface area contributed by atoms with Crippen LogP contribution in [0.5, 0.6) is 0 Å². The van der Waals surface area contributed by atoms with Crippen LogP contribution in [-0.2, 0) is 14.3 Å². The van der Waals surface area contributed by atoms with Crippen LogP contribution in [0.25, 0.3) is 6.08 Å². The molecule has 1 aliphatic rings. The van der Waals surface area contributed by atoms with Crippen LogP contribution in [0.1, 0.15) is 17.4 Å². The van der Waals surface area contributed by atoms with Gasteiger partial charge in [0.05, 0.1) is 18.3 Å². The molecule has 0 atom stereocenters. The monoisotopic (exact) mass is 277 g/mol. The molecule has 2 heterocycles. The molecule has 1 aromatic heterocycles. The Kier molecular flexibility index (Phi) is 3.57. The lowest BCUT2D eigenvalue weighted by Crippen LogP contribution is -2.19. The third-order valence-corrected chi connectivity index (χ3v) is 4.20. The SMILES string of the molecule is COC(=O)C1=C(C)N(C)C(=O)/C1=C\c1sccc1C. The largest absolute Gasteiger partial charge is 0.465 e. The van der Waals surface area contributed by atoms with Crippen LogP contribution in [0.2, 0.25) is 0 Å². The average Bonchev–Trinajstić information content (AvgIpc) is 2.88. The fraction of sp³-hybridized carbons (Fsp3) is 0.286. The van der Waals surface area contributed by atoms with Crippen LogP contribution in [0.3, 0.4) is 0 Å². The Hall–Kier alpha value is -1.88. The highest BCUT2D eigenvalue weighted by molar-refractivity contribution is 7.11. The topological polar surface area (TPSA) is 46.6 Å². The molecule has 0 radical (unpaired) electrons. The molecule has 0 bridgehead atoms. The van der Waals surface area contributed by atoms with Gasteiger partial charge in [-0.3, -0.25) is 4.79 Å². The van der Waals surface area contributed by atoms with Crippen LogP contribution in [0, 0.1) is 6.92 Å². The summed E-state index contributed by atoms with van der Waals surface area (Å²) in [6.45, 7) is 3.71. The predicted molar refractivity (Wildman–Crippen MR) is 74.5 cm³/mol. The molecule has 19 heavy (non-hydrogen) atoms. The highest BCUT2D eigenvalue weighted by Gasteiger charge is 2.34. The Morgan fingerprint density at radius 1 is 1.42 bits per heavy atom. The van der Waals surface area contributed by atoms with Gasteiger partial charge in [0.15, 0.2) is 0 Å². The summed E-state index contributed by atoms with van der Waals surface area (Å²) in [6, 6.07) is 1.98. The van der Waals surface area contributed by atoms with E-state index in [9.17, 15) is 9.59 Å². The number of rotatable bonds is 2. The van der Waals surface area contributed by atoms with Crippen molar-refractivity contribution in [3.05, 3.63) is 38.7 Å². The molecule has 0 spiro atoms. The molecule has 0 saturated heterocycles. The first-order valence-corrected chi connectivity index (χ1v) is 6.68. The molecule has 0 N–H and O–H groups in total. The molecule has 1 amide bonds. The molecular formula is C14H15NO3S. The molecule has 1 aliphatic heterocycles. The van der Waals surface area contributed by atoms with Crippen molar-refractivity contribution in [2.75, 3.05) is 14.2 Å². The van der Waals surface area contributed by atoms with E-state index < -0.39 is 5.97 Å². The van der Waals surface area contributed by atoms with Crippen molar-refractivity contribution in [1.82, 2.24) is 4.90 Å². The van der Waals surface area contributed by atoms with Gasteiger partial charge >= 0.3 is 5.97 Å². The van der Waals surface area contributed by atoms with Crippen LogP contribution < -0.4 is 0 Å². The Bertz CT molecular complexity index is 610. The second-order valence-corrected chi connectivity index (χ2v) is 5.29. The summed E-state index contributed by atoms with van der Waals surface area (Å²) in [5, 5.41) is 1.96. The highest BCUT2D eigenvalue weighted by atomic mass is 32.1. The number of methoxy groups -OCH3 is 1. The summed E-state index contributed by atoms with van der Waals surface area (Å²) in [5.41, 5.74) is 2.46. The van der Waals surface area contributed by atoms with E-state index in [1.807, 2.05) is 18.4 Å². The van der Waals surface area contributed by atoms with Gasteiger partial charge in [-0.15, -0.1) is 11.3 Å². The van der Waals surface area contributed by atoms with Crippen LogP contribution in [-0.4, -0.2) is 30.9 Å². The van der Waals surface area contributed by atoms with Crippen molar-refractivity contribution >= 4 is 29.3 Å². The normalized spacial score (nSPS) is 17.6. The Balaban J connectivity index is 2.55. The average molecular weight is 277 g/mol. The number of hydrogen-bond acceptors (Lipinski definition) is 4. The van der Waals surface area contributed by atoms with Gasteiger partial charge in [-0.2, -0.15) is 0 Å². The minimum atomic E-state index is -0.476. The Morgan fingerprint density at radius 2 is 2.11 bits per heavy atom. The van der Waals surface area contributed by atoms with Crippen molar-refractivity contribution < 1.29 is 14.3 Å². The molecule has 0 aliphatic carbocycles. The molecule has 2 rings (SSSR count). The molecule has 1 aromatic rings. The van der Waals surface area contributed by atoms with Gasteiger partial charge in [0.25, 0.3) is 5.91 Å². The van der Waals surface area contributed by atoms with E-state index in [1.54, 1.807) is 31.4 Å². The van der Waals surface area contributed by atoms with Gasteiger partial charge in [-0.1, -0.05) is 0 Å². The number of carbonyl (C=O) groups excluding carboxylic acids is 2. The van der Waals surface area contributed by atoms with Crippen LogP contribution in [0.15, 0.2) is 28.3 Å². The molecular weight excluding hydrogens is 262 g/mol. The van der Waals surface area contributed by atoms with Crippen molar-refractivity contribution in [1.29, 1.82) is 0 Å². The zero-order valence-corrected chi connectivity index (χ0v) is 12.1. The maximum atomic E-state index is 12.2. The molecule has 0 unspecified atom stereocenters. The summed E-state index contributed by atoms with van der Waals surface area (Å²) >= 11 is 1.54. The number of carbonyl (C=O) groups is 2. The first-order valence-electron chi connectivity index (χ1n) is 5.80. The second-order valence-electron chi connectivity index (χ2n) is 4.34. The van der Waals surface area contributed by atoms with Gasteiger partial charge in [-0.05, 0) is 36.9 Å². The number of nitrogens with zero attached hydrogens (tertiary/aromatic N) is 1. The quantitative estimate of drug-likeness (QED) is 0.616. The van der Waals surface area contributed by atoms with Gasteiger partial charge in [0.2, 0.25) is 0 Å². The van der Waals surface area contributed by atoms with Gasteiger partial charge < -0.3 is 9.64 Å². The van der Waals surface area contributed by atoms with Crippen molar-refractivity contribution in [3.8, 4) is 0 Å². The maximum Gasteiger partial charge on any atom is 0.340 e. The smallest absolute Gasteiger partial charge is 0.340 e. The van der Waals surface area contributed by atoms with E-state index in [0.717, 1.165) is 10.4 Å². The molecule has 0 saturated carbocycles. The van der Waals surface area contributed by atoms with Gasteiger partial charge in [-0.25, -0.2) is 4.79 Å². The van der Waals surface area contributed by atoms with Gasteiger partial charge in [0, 0.05) is 17.6 Å². The fourth-order valence-electron chi connectivity index (χ4n) is 1.96. The molecule has 4 nitrogen and oxygen atoms in total. The van der Waals surface area contributed by atoms with Gasteiger partial charge in [0.1, 0.15) is 0 Å². The van der Waals surface area contributed by atoms with Crippen LogP contribution >= 0.6 is 11.3 Å². The van der Waals surface area contributed by atoms with E-state index in [-0.39, 0.29) is 5.91 Å². The Morgan fingerprint density at radius 3 is 2.63 bits per heavy atom. The van der Waals surface area contributed by atoms with E-state index in [4.69, 9.17) is 4.74 Å². The first kappa shape index (κ1) is 13.5. The first-order chi connectivity index (χ1) is 8.97.